The van der Waals surface area contributed by atoms with Crippen molar-refractivity contribution in [1.82, 2.24) is 9.80 Å². The molecule has 2 fully saturated rings. The maximum absolute atomic E-state index is 12.6. The average Bonchev–Trinajstić information content (AvgIpc) is 3.27. The van der Waals surface area contributed by atoms with Crippen molar-refractivity contribution in [1.29, 1.82) is 0 Å². The second kappa shape index (κ2) is 10.3. The smallest absolute Gasteiger partial charge is 0.225 e. The molecule has 0 aromatic heterocycles. The molecule has 1 atom stereocenters. The van der Waals surface area contributed by atoms with E-state index < -0.39 is 0 Å². The summed E-state index contributed by atoms with van der Waals surface area (Å²) < 4.78 is 5.26. The number of likely N-dealkylation sites (N-methyl/N-ethyl adjacent to an activating group) is 1. The number of hydrogen-bond donors (Lipinski definition) is 0. The molecule has 1 saturated heterocycles. The fourth-order valence-electron chi connectivity index (χ4n) is 4.95. The van der Waals surface area contributed by atoms with E-state index in [9.17, 15) is 4.79 Å². The predicted molar refractivity (Wildman–Crippen MR) is 115 cm³/mol. The van der Waals surface area contributed by atoms with Crippen LogP contribution in [0.2, 0.25) is 0 Å². The highest BCUT2D eigenvalue weighted by atomic mass is 16.5. The van der Waals surface area contributed by atoms with Crippen molar-refractivity contribution < 1.29 is 9.53 Å². The SMILES string of the molecule is CCN(CC1CCN(C(=O)C2CCCC2)CC1)C(C)Cc1ccc(OC)cc1. The van der Waals surface area contributed by atoms with Crippen LogP contribution in [-0.4, -0.2) is 55.0 Å². The van der Waals surface area contributed by atoms with E-state index in [1.807, 2.05) is 0 Å². The lowest BCUT2D eigenvalue weighted by Gasteiger charge is -2.37. The summed E-state index contributed by atoms with van der Waals surface area (Å²) in [7, 11) is 1.71. The van der Waals surface area contributed by atoms with E-state index in [1.54, 1.807) is 7.11 Å². The highest BCUT2D eigenvalue weighted by molar-refractivity contribution is 5.79. The van der Waals surface area contributed by atoms with Gasteiger partial charge in [-0.1, -0.05) is 31.9 Å². The zero-order valence-corrected chi connectivity index (χ0v) is 18.0. The number of piperidine rings is 1. The predicted octanol–water partition coefficient (Wildman–Crippen LogP) is 4.38. The molecule has 156 valence electrons. The van der Waals surface area contributed by atoms with Gasteiger partial charge in [-0.05, 0) is 69.2 Å². The Kier molecular flexibility index (Phi) is 7.78. The Morgan fingerprint density at radius 1 is 1.14 bits per heavy atom. The van der Waals surface area contributed by atoms with E-state index in [4.69, 9.17) is 4.74 Å². The van der Waals surface area contributed by atoms with E-state index in [0.717, 1.165) is 64.0 Å². The molecule has 0 spiro atoms. The van der Waals surface area contributed by atoms with Crippen LogP contribution in [0.4, 0.5) is 0 Å². The average molecular weight is 387 g/mol. The first-order valence-electron chi connectivity index (χ1n) is 11.3. The third-order valence-electron chi connectivity index (χ3n) is 6.84. The van der Waals surface area contributed by atoms with E-state index >= 15 is 0 Å². The van der Waals surface area contributed by atoms with Crippen LogP contribution in [0.5, 0.6) is 5.75 Å². The maximum atomic E-state index is 12.6. The van der Waals surface area contributed by atoms with Gasteiger partial charge in [0, 0.05) is 31.6 Å². The van der Waals surface area contributed by atoms with Crippen molar-refractivity contribution >= 4 is 5.91 Å². The second-order valence-corrected chi connectivity index (χ2v) is 8.74. The van der Waals surface area contributed by atoms with Gasteiger partial charge in [0.25, 0.3) is 0 Å². The summed E-state index contributed by atoms with van der Waals surface area (Å²) in [5.74, 6) is 2.40. The first kappa shape index (κ1) is 21.2. The van der Waals surface area contributed by atoms with Gasteiger partial charge in [-0.2, -0.15) is 0 Å². The van der Waals surface area contributed by atoms with Gasteiger partial charge in [-0.15, -0.1) is 0 Å². The number of methoxy groups -OCH3 is 1. The lowest BCUT2D eigenvalue weighted by atomic mass is 9.93. The lowest BCUT2D eigenvalue weighted by molar-refractivity contribution is -0.136. The van der Waals surface area contributed by atoms with Gasteiger partial charge in [0.15, 0.2) is 0 Å². The first-order chi connectivity index (χ1) is 13.6. The molecule has 4 heteroatoms. The van der Waals surface area contributed by atoms with Crippen molar-refractivity contribution in [2.45, 2.75) is 64.8 Å². The van der Waals surface area contributed by atoms with Crippen LogP contribution in [0, 0.1) is 11.8 Å². The van der Waals surface area contributed by atoms with Gasteiger partial charge in [0.2, 0.25) is 5.91 Å². The number of hydrogen-bond acceptors (Lipinski definition) is 3. The minimum Gasteiger partial charge on any atom is -0.497 e. The fourth-order valence-corrected chi connectivity index (χ4v) is 4.95. The summed E-state index contributed by atoms with van der Waals surface area (Å²) in [6, 6.07) is 8.98. The third kappa shape index (κ3) is 5.50. The Morgan fingerprint density at radius 3 is 2.36 bits per heavy atom. The molecule has 28 heavy (non-hydrogen) atoms. The Labute approximate surface area is 171 Å². The molecular formula is C24H38N2O2. The number of benzene rings is 1. The number of rotatable bonds is 8. The fraction of sp³-hybridized carbons (Fsp3) is 0.708. The zero-order valence-electron chi connectivity index (χ0n) is 18.0. The van der Waals surface area contributed by atoms with E-state index in [0.29, 0.717) is 23.8 Å². The number of amides is 1. The van der Waals surface area contributed by atoms with Crippen LogP contribution in [-0.2, 0) is 11.2 Å². The van der Waals surface area contributed by atoms with E-state index in [2.05, 4.69) is 47.9 Å². The van der Waals surface area contributed by atoms with Gasteiger partial charge < -0.3 is 14.5 Å². The Balaban J connectivity index is 1.45. The van der Waals surface area contributed by atoms with Crippen LogP contribution in [0.3, 0.4) is 0 Å². The molecule has 2 aliphatic rings. The molecule has 0 N–H and O–H groups in total. The third-order valence-corrected chi connectivity index (χ3v) is 6.84. The first-order valence-corrected chi connectivity index (χ1v) is 11.3. The lowest BCUT2D eigenvalue weighted by Crippen LogP contribution is -2.45. The summed E-state index contributed by atoms with van der Waals surface area (Å²) in [5.41, 5.74) is 1.36. The van der Waals surface area contributed by atoms with Crippen molar-refractivity contribution in [3.05, 3.63) is 29.8 Å². The molecule has 1 aliphatic heterocycles. The molecule has 3 rings (SSSR count). The van der Waals surface area contributed by atoms with Gasteiger partial charge in [0.1, 0.15) is 5.75 Å². The molecule has 1 heterocycles. The van der Waals surface area contributed by atoms with Crippen LogP contribution >= 0.6 is 0 Å². The molecule has 0 bridgehead atoms. The van der Waals surface area contributed by atoms with E-state index in [1.165, 1.54) is 18.4 Å². The topological polar surface area (TPSA) is 32.8 Å². The summed E-state index contributed by atoms with van der Waals surface area (Å²) in [5, 5.41) is 0. The minimum absolute atomic E-state index is 0.327. The maximum Gasteiger partial charge on any atom is 0.225 e. The number of carbonyl (C=O) groups is 1. The molecule has 1 aromatic rings. The van der Waals surface area contributed by atoms with Crippen LogP contribution in [0.25, 0.3) is 0 Å². The highest BCUT2D eigenvalue weighted by Crippen LogP contribution is 2.29. The van der Waals surface area contributed by atoms with Crippen molar-refractivity contribution in [3.8, 4) is 5.75 Å². The quantitative estimate of drug-likeness (QED) is 0.665. The zero-order chi connectivity index (χ0) is 19.9. The molecule has 4 nitrogen and oxygen atoms in total. The normalized spacial score (nSPS) is 19.9. The summed E-state index contributed by atoms with van der Waals surface area (Å²) >= 11 is 0. The molecule has 1 saturated carbocycles. The number of ether oxygens (including phenoxy) is 1. The van der Waals surface area contributed by atoms with E-state index in [-0.39, 0.29) is 0 Å². The minimum atomic E-state index is 0.327. The van der Waals surface area contributed by atoms with Gasteiger partial charge in [-0.3, -0.25) is 4.79 Å². The largest absolute Gasteiger partial charge is 0.497 e. The molecule has 1 aromatic carbocycles. The van der Waals surface area contributed by atoms with Gasteiger partial charge >= 0.3 is 0 Å². The molecule has 1 aliphatic carbocycles. The summed E-state index contributed by atoms with van der Waals surface area (Å²) in [6.07, 6.45) is 8.09. The molecule has 1 unspecified atom stereocenters. The standard InChI is InChI=1S/C24H38N2O2/c1-4-25(19(2)17-20-9-11-23(28-3)12-10-20)18-21-13-15-26(16-14-21)24(27)22-7-5-6-8-22/h9-12,19,21-22H,4-8,13-18H2,1-3H3. The van der Waals surface area contributed by atoms with Crippen LogP contribution in [0.1, 0.15) is 57.9 Å². The monoisotopic (exact) mass is 386 g/mol. The molecule has 1 amide bonds. The number of likely N-dealkylation sites (tertiary alicyclic amines) is 1. The summed E-state index contributed by atoms with van der Waals surface area (Å²) in [4.78, 5) is 17.4. The second-order valence-electron chi connectivity index (χ2n) is 8.74. The van der Waals surface area contributed by atoms with Crippen molar-refractivity contribution in [3.63, 3.8) is 0 Å². The number of nitrogens with zero attached hydrogens (tertiary/aromatic N) is 2. The van der Waals surface area contributed by atoms with Crippen molar-refractivity contribution in [2.24, 2.45) is 11.8 Å². The van der Waals surface area contributed by atoms with Gasteiger partial charge in [0.05, 0.1) is 7.11 Å². The molecule has 0 radical (unpaired) electrons. The Bertz CT molecular complexity index is 602. The van der Waals surface area contributed by atoms with Crippen molar-refractivity contribution in [2.75, 3.05) is 33.3 Å². The van der Waals surface area contributed by atoms with Crippen LogP contribution in [0.15, 0.2) is 24.3 Å². The summed E-state index contributed by atoms with van der Waals surface area (Å²) in [6.45, 7) is 8.77. The van der Waals surface area contributed by atoms with Crippen LogP contribution < -0.4 is 4.74 Å². The Hall–Kier alpha value is -1.55. The number of carbonyl (C=O) groups excluding carboxylic acids is 1. The highest BCUT2D eigenvalue weighted by Gasteiger charge is 2.30. The van der Waals surface area contributed by atoms with Gasteiger partial charge in [-0.25, -0.2) is 0 Å². The Morgan fingerprint density at radius 2 is 1.79 bits per heavy atom. The molecular weight excluding hydrogens is 348 g/mol.